The molecule has 1 aliphatic heterocycles. The smallest absolute Gasteiger partial charge is 0.219 e. The molecule has 0 bridgehead atoms. The van der Waals surface area contributed by atoms with Gasteiger partial charge >= 0.3 is 0 Å². The number of hydrogen-bond acceptors (Lipinski definition) is 5. The van der Waals surface area contributed by atoms with Gasteiger partial charge in [0.1, 0.15) is 5.15 Å². The lowest BCUT2D eigenvalue weighted by atomic mass is 10.1. The molecule has 19 heavy (non-hydrogen) atoms. The molecule has 1 aromatic rings. The minimum Gasteiger partial charge on any atom is -0.481 e. The van der Waals surface area contributed by atoms with E-state index in [0.717, 1.165) is 18.4 Å². The largest absolute Gasteiger partial charge is 0.481 e. The van der Waals surface area contributed by atoms with E-state index in [4.69, 9.17) is 21.1 Å². The summed E-state index contributed by atoms with van der Waals surface area (Å²) in [6.07, 6.45) is 1.45. The summed E-state index contributed by atoms with van der Waals surface area (Å²) < 4.78 is 10.6. The summed E-state index contributed by atoms with van der Waals surface area (Å²) >= 11 is 5.98. The minimum atomic E-state index is -0.449. The van der Waals surface area contributed by atoms with Gasteiger partial charge in [-0.15, -0.1) is 0 Å². The lowest BCUT2D eigenvalue weighted by molar-refractivity contribution is 0.121. The predicted octanol–water partition coefficient (Wildman–Crippen LogP) is 1.08. The highest BCUT2D eigenvalue weighted by Crippen LogP contribution is 2.38. The lowest BCUT2D eigenvalue weighted by Gasteiger charge is -2.22. The van der Waals surface area contributed by atoms with Gasteiger partial charge in [0.15, 0.2) is 0 Å². The van der Waals surface area contributed by atoms with Gasteiger partial charge in [0, 0.05) is 11.6 Å². The third kappa shape index (κ3) is 2.43. The molecule has 0 amide bonds. The molecule has 0 aromatic carbocycles. The van der Waals surface area contributed by atoms with Crippen molar-refractivity contribution in [1.29, 1.82) is 0 Å². The molecule has 104 valence electrons. The first-order valence-electron chi connectivity index (χ1n) is 6.44. The van der Waals surface area contributed by atoms with Crippen LogP contribution in [0.25, 0.3) is 0 Å². The van der Waals surface area contributed by atoms with Gasteiger partial charge in [-0.05, 0) is 24.5 Å². The van der Waals surface area contributed by atoms with Gasteiger partial charge in [-0.3, -0.25) is 0 Å². The summed E-state index contributed by atoms with van der Waals surface area (Å²) in [5.74, 6) is 0.575. The van der Waals surface area contributed by atoms with Crippen molar-refractivity contribution < 1.29 is 14.6 Å². The number of aliphatic hydroxyl groups excluding tert-OH is 1. The monoisotopic (exact) mass is 284 g/mol. The number of pyridine rings is 1. The Bertz CT molecular complexity index is 483. The molecule has 1 saturated heterocycles. The van der Waals surface area contributed by atoms with E-state index in [-0.39, 0.29) is 12.1 Å². The number of aliphatic hydroxyl groups is 1. The Morgan fingerprint density at radius 3 is 3.05 bits per heavy atom. The first-order chi connectivity index (χ1) is 9.19. The first kappa shape index (κ1) is 13.1. The summed E-state index contributed by atoms with van der Waals surface area (Å²) in [4.78, 5) is 4.22. The summed E-state index contributed by atoms with van der Waals surface area (Å²) in [5, 5.41) is 13.7. The number of rotatable bonds is 3. The van der Waals surface area contributed by atoms with E-state index in [1.165, 1.54) is 5.56 Å². The standard InChI is InChI=1S/C13H17ClN2O3/c1-18-13-12-7(4-11(14)16-13)2-3-8(12)15-9-5-19-6-10(9)17/h4,8-10,15,17H,2-3,5-6H2,1H3/t8?,9?,10-/m1/s1. The molecule has 2 aliphatic rings. The van der Waals surface area contributed by atoms with Gasteiger partial charge in [0.25, 0.3) is 0 Å². The second-order valence-corrected chi connectivity index (χ2v) is 5.38. The number of ether oxygens (including phenoxy) is 2. The number of halogens is 1. The zero-order valence-electron chi connectivity index (χ0n) is 10.7. The van der Waals surface area contributed by atoms with E-state index in [1.54, 1.807) is 7.11 Å². The minimum absolute atomic E-state index is 0.0312. The molecule has 0 radical (unpaired) electrons. The average Bonchev–Trinajstić information content (AvgIpc) is 2.97. The van der Waals surface area contributed by atoms with Gasteiger partial charge in [0.2, 0.25) is 5.88 Å². The maximum atomic E-state index is 9.81. The summed E-state index contributed by atoms with van der Waals surface area (Å²) in [5.41, 5.74) is 2.23. The van der Waals surface area contributed by atoms with E-state index < -0.39 is 6.10 Å². The zero-order valence-corrected chi connectivity index (χ0v) is 11.5. The second-order valence-electron chi connectivity index (χ2n) is 5.00. The number of nitrogens with one attached hydrogen (secondary N) is 1. The molecule has 2 unspecified atom stereocenters. The van der Waals surface area contributed by atoms with Crippen molar-refractivity contribution in [3.05, 3.63) is 22.3 Å². The van der Waals surface area contributed by atoms with Gasteiger partial charge in [0.05, 0.1) is 32.5 Å². The molecule has 1 aromatic heterocycles. The highest BCUT2D eigenvalue weighted by atomic mass is 35.5. The number of hydrogen-bond donors (Lipinski definition) is 2. The van der Waals surface area contributed by atoms with Crippen molar-refractivity contribution in [2.75, 3.05) is 20.3 Å². The zero-order chi connectivity index (χ0) is 13.4. The molecule has 2 N–H and O–H groups in total. The van der Waals surface area contributed by atoms with Crippen molar-refractivity contribution in [2.24, 2.45) is 0 Å². The highest BCUT2D eigenvalue weighted by molar-refractivity contribution is 6.29. The third-order valence-corrected chi connectivity index (χ3v) is 3.98. The van der Waals surface area contributed by atoms with Crippen molar-refractivity contribution in [1.82, 2.24) is 10.3 Å². The van der Waals surface area contributed by atoms with Crippen LogP contribution in [0.3, 0.4) is 0 Å². The molecule has 5 nitrogen and oxygen atoms in total. The number of methoxy groups -OCH3 is 1. The molecule has 2 heterocycles. The molecule has 1 fully saturated rings. The number of nitrogens with zero attached hydrogens (tertiary/aromatic N) is 1. The van der Waals surface area contributed by atoms with Crippen LogP contribution in [0.2, 0.25) is 5.15 Å². The third-order valence-electron chi connectivity index (χ3n) is 3.79. The predicted molar refractivity (Wildman–Crippen MR) is 70.6 cm³/mol. The maximum Gasteiger partial charge on any atom is 0.219 e. The Balaban J connectivity index is 1.84. The quantitative estimate of drug-likeness (QED) is 0.813. The molecular weight excluding hydrogens is 268 g/mol. The SMILES string of the molecule is COc1nc(Cl)cc2c1C(NC1COC[C@H]1O)CC2. The lowest BCUT2D eigenvalue weighted by Crippen LogP contribution is -2.40. The van der Waals surface area contributed by atoms with Crippen LogP contribution in [0, 0.1) is 0 Å². The highest BCUT2D eigenvalue weighted by Gasteiger charge is 2.33. The van der Waals surface area contributed by atoms with Gasteiger partial charge < -0.3 is 19.9 Å². The molecule has 0 spiro atoms. The fraction of sp³-hybridized carbons (Fsp3) is 0.615. The van der Waals surface area contributed by atoms with E-state index in [2.05, 4.69) is 10.3 Å². The summed E-state index contributed by atoms with van der Waals surface area (Å²) in [6, 6.07) is 2.00. The van der Waals surface area contributed by atoms with Crippen LogP contribution >= 0.6 is 11.6 Å². The Labute approximate surface area is 116 Å². The van der Waals surface area contributed by atoms with Crippen LogP contribution in [0.15, 0.2) is 6.07 Å². The fourth-order valence-electron chi connectivity index (χ4n) is 2.86. The maximum absolute atomic E-state index is 9.81. The summed E-state index contributed by atoms with van der Waals surface area (Å²) in [7, 11) is 1.60. The van der Waals surface area contributed by atoms with Crippen LogP contribution in [0.5, 0.6) is 5.88 Å². The van der Waals surface area contributed by atoms with Crippen LogP contribution in [-0.2, 0) is 11.2 Å². The van der Waals surface area contributed by atoms with Crippen LogP contribution in [0.1, 0.15) is 23.6 Å². The number of aryl methyl sites for hydroxylation is 1. The summed E-state index contributed by atoms with van der Waals surface area (Å²) in [6.45, 7) is 0.934. The molecule has 3 rings (SSSR count). The Morgan fingerprint density at radius 1 is 1.53 bits per heavy atom. The Kier molecular flexibility index (Phi) is 3.62. The van der Waals surface area contributed by atoms with Crippen LogP contribution in [-0.4, -0.2) is 42.6 Å². The van der Waals surface area contributed by atoms with Gasteiger partial charge in [-0.1, -0.05) is 11.6 Å². The van der Waals surface area contributed by atoms with Crippen molar-refractivity contribution in [3.8, 4) is 5.88 Å². The van der Waals surface area contributed by atoms with Crippen molar-refractivity contribution >= 4 is 11.6 Å². The molecular formula is C13H17ClN2O3. The number of aromatic nitrogens is 1. The van der Waals surface area contributed by atoms with Gasteiger partial charge in [-0.2, -0.15) is 0 Å². The molecule has 1 aliphatic carbocycles. The number of fused-ring (bicyclic) bond motifs is 1. The fourth-order valence-corrected chi connectivity index (χ4v) is 3.06. The van der Waals surface area contributed by atoms with Crippen molar-refractivity contribution in [2.45, 2.75) is 31.0 Å². The van der Waals surface area contributed by atoms with E-state index in [0.29, 0.717) is 24.2 Å². The second kappa shape index (κ2) is 5.25. The van der Waals surface area contributed by atoms with Crippen LogP contribution in [0.4, 0.5) is 0 Å². The van der Waals surface area contributed by atoms with Gasteiger partial charge in [-0.25, -0.2) is 4.98 Å². The normalized spacial score (nSPS) is 29.5. The molecule has 3 atom stereocenters. The topological polar surface area (TPSA) is 63.6 Å². The van der Waals surface area contributed by atoms with Crippen molar-refractivity contribution in [3.63, 3.8) is 0 Å². The van der Waals surface area contributed by atoms with E-state index in [1.807, 2.05) is 6.07 Å². The molecule has 0 saturated carbocycles. The Hall–Kier alpha value is -0.880. The average molecular weight is 285 g/mol. The van der Waals surface area contributed by atoms with E-state index in [9.17, 15) is 5.11 Å². The van der Waals surface area contributed by atoms with Crippen LogP contribution < -0.4 is 10.1 Å². The Morgan fingerprint density at radius 2 is 2.37 bits per heavy atom. The molecule has 6 heteroatoms. The van der Waals surface area contributed by atoms with E-state index >= 15 is 0 Å². The first-order valence-corrected chi connectivity index (χ1v) is 6.82.